The Bertz CT molecular complexity index is 837. The van der Waals surface area contributed by atoms with Crippen molar-refractivity contribution in [3.63, 3.8) is 0 Å². The fraction of sp³-hybridized carbons (Fsp3) is 0.556. The zero-order chi connectivity index (χ0) is 16.7. The van der Waals surface area contributed by atoms with Gasteiger partial charge in [0.25, 0.3) is 0 Å². The molecule has 2 aliphatic heterocycles. The molecule has 4 rings (SSSR count). The van der Waals surface area contributed by atoms with Crippen LogP contribution in [0.2, 0.25) is 0 Å². The molecule has 0 amide bonds. The Morgan fingerprint density at radius 1 is 1.25 bits per heavy atom. The maximum Gasteiger partial charge on any atom is 0.170 e. The smallest absolute Gasteiger partial charge is 0.170 e. The number of sulfone groups is 1. The lowest BCUT2D eigenvalue weighted by atomic mass is 9.99. The van der Waals surface area contributed by atoms with Crippen LogP contribution in [0, 0.1) is 0 Å². The van der Waals surface area contributed by atoms with Crippen LogP contribution in [0.15, 0.2) is 24.3 Å². The minimum absolute atomic E-state index is 0.163. The van der Waals surface area contributed by atoms with Gasteiger partial charge in [-0.25, -0.2) is 8.42 Å². The molecule has 1 aromatic heterocycles. The average molecular weight is 348 g/mol. The summed E-state index contributed by atoms with van der Waals surface area (Å²) in [5, 5.41) is 0.511. The third-order valence-corrected chi connectivity index (χ3v) is 7.39. The molecule has 130 valence electrons. The van der Waals surface area contributed by atoms with Crippen LogP contribution in [-0.4, -0.2) is 49.9 Å². The van der Waals surface area contributed by atoms with E-state index in [-0.39, 0.29) is 11.8 Å². The summed E-state index contributed by atoms with van der Waals surface area (Å²) < 4.78 is 31.5. The summed E-state index contributed by atoms with van der Waals surface area (Å²) in [5.41, 5.74) is 3.10. The molecule has 1 N–H and O–H groups in total. The Hall–Kier alpha value is -1.37. The van der Waals surface area contributed by atoms with E-state index in [9.17, 15) is 8.42 Å². The molecule has 2 aromatic rings. The van der Waals surface area contributed by atoms with Gasteiger partial charge in [0, 0.05) is 60.1 Å². The molecule has 5 nitrogen and oxygen atoms in total. The zero-order valence-electron chi connectivity index (χ0n) is 14.0. The lowest BCUT2D eigenvalue weighted by Crippen LogP contribution is -2.48. The van der Waals surface area contributed by atoms with E-state index in [1.54, 1.807) is 6.92 Å². The third kappa shape index (κ3) is 2.57. The van der Waals surface area contributed by atoms with Crippen LogP contribution in [-0.2, 0) is 21.0 Å². The van der Waals surface area contributed by atoms with Crippen molar-refractivity contribution in [1.29, 1.82) is 0 Å². The van der Waals surface area contributed by atoms with E-state index in [0.29, 0.717) is 0 Å². The summed E-state index contributed by atoms with van der Waals surface area (Å²) in [6.45, 7) is 3.98. The van der Waals surface area contributed by atoms with E-state index in [4.69, 9.17) is 4.74 Å². The van der Waals surface area contributed by atoms with Crippen LogP contribution in [0.3, 0.4) is 0 Å². The summed E-state index contributed by atoms with van der Waals surface area (Å²) in [6.07, 6.45) is 2.69. The van der Waals surface area contributed by atoms with Gasteiger partial charge in [-0.2, -0.15) is 0 Å². The molecule has 1 unspecified atom stereocenters. The molecule has 1 atom stereocenters. The van der Waals surface area contributed by atoms with E-state index in [1.807, 2.05) is 24.3 Å². The highest BCUT2D eigenvalue weighted by atomic mass is 32.2. The second kappa shape index (κ2) is 6.17. The molecule has 1 saturated heterocycles. The quantitative estimate of drug-likeness (QED) is 0.926. The van der Waals surface area contributed by atoms with E-state index < -0.39 is 15.2 Å². The first kappa shape index (κ1) is 16.1. The van der Waals surface area contributed by atoms with Crippen molar-refractivity contribution < 1.29 is 13.2 Å². The van der Waals surface area contributed by atoms with E-state index in [1.165, 1.54) is 0 Å². The minimum atomic E-state index is -3.23. The molecule has 24 heavy (non-hydrogen) atoms. The van der Waals surface area contributed by atoms with Crippen LogP contribution in [0.1, 0.15) is 36.4 Å². The number of aromatic amines is 1. The number of hydrogen-bond donors (Lipinski definition) is 1. The van der Waals surface area contributed by atoms with Gasteiger partial charge in [-0.1, -0.05) is 25.1 Å². The number of ether oxygens (including phenoxy) is 1. The number of benzene rings is 1. The first-order valence-corrected chi connectivity index (χ1v) is 10.5. The Kier molecular flexibility index (Phi) is 4.14. The van der Waals surface area contributed by atoms with E-state index >= 15 is 0 Å². The van der Waals surface area contributed by atoms with Crippen molar-refractivity contribution in [3.8, 4) is 0 Å². The fourth-order valence-corrected chi connectivity index (χ4v) is 5.79. The van der Waals surface area contributed by atoms with Crippen LogP contribution >= 0.6 is 0 Å². The molecule has 0 spiro atoms. The van der Waals surface area contributed by atoms with Gasteiger partial charge >= 0.3 is 0 Å². The highest BCUT2D eigenvalue weighted by Gasteiger charge is 2.41. The number of para-hydroxylation sites is 1. The summed E-state index contributed by atoms with van der Waals surface area (Å²) in [7, 11) is -3.23. The van der Waals surface area contributed by atoms with Gasteiger partial charge in [0.05, 0.1) is 0 Å². The number of nitrogens with zero attached hydrogens (tertiary/aromatic N) is 1. The molecule has 3 heterocycles. The van der Waals surface area contributed by atoms with Crippen LogP contribution in [0.25, 0.3) is 10.9 Å². The first-order chi connectivity index (χ1) is 11.6. The van der Waals surface area contributed by atoms with Crippen molar-refractivity contribution in [1.82, 2.24) is 9.88 Å². The Morgan fingerprint density at radius 3 is 2.75 bits per heavy atom. The molecule has 0 aliphatic carbocycles. The standard InChI is InChI=1S/C18H24N2O3S/c1-2-24(21,22)18-17-14-5-3-4-6-15(14)19-16(17)7-10-20(18)13-8-11-23-12-9-13/h3-6,13,18-19H,2,7-12H2,1H3. The van der Waals surface area contributed by atoms with Gasteiger partial charge < -0.3 is 9.72 Å². The topological polar surface area (TPSA) is 62.4 Å². The predicted octanol–water partition coefficient (Wildman–Crippen LogP) is 2.64. The lowest BCUT2D eigenvalue weighted by Gasteiger charge is -2.42. The molecule has 6 heteroatoms. The first-order valence-electron chi connectivity index (χ1n) is 8.76. The van der Waals surface area contributed by atoms with Crippen LogP contribution < -0.4 is 0 Å². The number of H-pyrrole nitrogens is 1. The second-order valence-electron chi connectivity index (χ2n) is 6.70. The van der Waals surface area contributed by atoms with Crippen molar-refractivity contribution in [3.05, 3.63) is 35.5 Å². The number of hydrogen-bond acceptors (Lipinski definition) is 4. The molecular weight excluding hydrogens is 324 g/mol. The number of fused-ring (bicyclic) bond motifs is 3. The molecular formula is C18H24N2O3S. The van der Waals surface area contributed by atoms with Gasteiger partial charge in [-0.05, 0) is 18.9 Å². The molecule has 2 aliphatic rings. The maximum atomic E-state index is 13.0. The Balaban J connectivity index is 1.86. The number of nitrogens with one attached hydrogen (secondary N) is 1. The monoisotopic (exact) mass is 348 g/mol. The Morgan fingerprint density at radius 2 is 2.00 bits per heavy atom. The zero-order valence-corrected chi connectivity index (χ0v) is 14.8. The van der Waals surface area contributed by atoms with Gasteiger partial charge in [0.2, 0.25) is 0 Å². The van der Waals surface area contributed by atoms with E-state index in [2.05, 4.69) is 9.88 Å². The summed E-state index contributed by atoms with van der Waals surface area (Å²) in [4.78, 5) is 5.68. The van der Waals surface area contributed by atoms with Gasteiger partial charge in [-0.15, -0.1) is 0 Å². The number of rotatable bonds is 3. The lowest BCUT2D eigenvalue weighted by molar-refractivity contribution is 0.0262. The van der Waals surface area contributed by atoms with Crippen LogP contribution in [0.5, 0.6) is 0 Å². The van der Waals surface area contributed by atoms with E-state index in [0.717, 1.165) is 61.2 Å². The third-order valence-electron chi connectivity index (χ3n) is 5.40. The molecule has 0 radical (unpaired) electrons. The van der Waals surface area contributed by atoms with Crippen LogP contribution in [0.4, 0.5) is 0 Å². The predicted molar refractivity (Wildman–Crippen MR) is 94.8 cm³/mol. The summed E-state index contributed by atoms with van der Waals surface area (Å²) in [5.74, 6) is 0.163. The maximum absolute atomic E-state index is 13.0. The van der Waals surface area contributed by atoms with Crippen molar-refractivity contribution >= 4 is 20.7 Å². The SMILES string of the molecule is CCS(=O)(=O)C1c2c([nH]c3ccccc23)CCN1C1CCOCC1. The molecule has 0 bridgehead atoms. The highest BCUT2D eigenvalue weighted by molar-refractivity contribution is 7.91. The average Bonchev–Trinajstić information content (AvgIpc) is 3.00. The summed E-state index contributed by atoms with van der Waals surface area (Å²) in [6, 6.07) is 8.33. The van der Waals surface area contributed by atoms with Gasteiger partial charge in [0.1, 0.15) is 5.37 Å². The second-order valence-corrected chi connectivity index (χ2v) is 9.05. The number of aromatic nitrogens is 1. The van der Waals surface area contributed by atoms with Crippen molar-refractivity contribution in [2.24, 2.45) is 0 Å². The molecule has 1 aromatic carbocycles. The van der Waals surface area contributed by atoms with Gasteiger partial charge in [0.15, 0.2) is 9.84 Å². The summed E-state index contributed by atoms with van der Waals surface area (Å²) >= 11 is 0. The molecule has 1 fully saturated rings. The Labute approximate surface area is 142 Å². The minimum Gasteiger partial charge on any atom is -0.381 e. The molecule has 0 saturated carbocycles. The highest BCUT2D eigenvalue weighted by Crippen LogP contribution is 2.41. The fourth-order valence-electron chi connectivity index (χ4n) is 4.16. The largest absolute Gasteiger partial charge is 0.381 e. The van der Waals surface area contributed by atoms with Crippen molar-refractivity contribution in [2.75, 3.05) is 25.5 Å². The normalized spacial score (nSPS) is 23.5. The van der Waals surface area contributed by atoms with Gasteiger partial charge in [-0.3, -0.25) is 4.90 Å². The van der Waals surface area contributed by atoms with Crippen molar-refractivity contribution in [2.45, 2.75) is 37.6 Å².